The minimum atomic E-state index is 0.185. The highest BCUT2D eigenvalue weighted by molar-refractivity contribution is 6.22. The lowest BCUT2D eigenvalue weighted by molar-refractivity contribution is 0.387. The summed E-state index contributed by atoms with van der Waals surface area (Å²) in [6.45, 7) is 3.13. The van der Waals surface area contributed by atoms with Gasteiger partial charge < -0.3 is 4.90 Å². The molecule has 8 rings (SSSR count). The number of aliphatic imine (C=N–C) groups is 1. The first-order valence-electron chi connectivity index (χ1n) is 14.4. The van der Waals surface area contributed by atoms with Gasteiger partial charge in [-0.3, -0.25) is 4.99 Å². The fraction of sp³-hybridized carbons (Fsp3) is 0.105. The van der Waals surface area contributed by atoms with E-state index >= 15 is 0 Å². The minimum absolute atomic E-state index is 0.185. The second-order valence-corrected chi connectivity index (χ2v) is 10.8. The van der Waals surface area contributed by atoms with E-state index in [1.807, 2.05) is 0 Å². The summed E-state index contributed by atoms with van der Waals surface area (Å²) in [5, 5.41) is 6.14. The van der Waals surface area contributed by atoms with Crippen molar-refractivity contribution >= 4 is 38.3 Å². The Bertz CT molecular complexity index is 2050. The Morgan fingerprint density at radius 3 is 2.20 bits per heavy atom. The summed E-state index contributed by atoms with van der Waals surface area (Å²) in [5.41, 5.74) is 6.66. The molecule has 0 spiro atoms. The van der Waals surface area contributed by atoms with E-state index in [4.69, 9.17) is 9.98 Å². The molecular weight excluding hydrogens is 498 g/mol. The third kappa shape index (κ3) is 3.88. The van der Waals surface area contributed by atoms with E-state index in [-0.39, 0.29) is 6.04 Å². The minimum Gasteiger partial charge on any atom is -0.348 e. The average Bonchev–Trinajstić information content (AvgIpc) is 3.43. The van der Waals surface area contributed by atoms with E-state index in [1.54, 1.807) is 0 Å². The maximum atomic E-state index is 5.22. The number of likely N-dealkylation sites (N-methyl/N-ethyl adjacent to an activating group) is 1. The second kappa shape index (κ2) is 9.57. The topological polar surface area (TPSA) is 28.5 Å². The van der Waals surface area contributed by atoms with Gasteiger partial charge in [-0.25, -0.2) is 4.98 Å². The van der Waals surface area contributed by atoms with Gasteiger partial charge in [0.05, 0.1) is 23.3 Å². The molecule has 196 valence electrons. The Labute approximate surface area is 239 Å². The molecule has 2 aliphatic rings. The van der Waals surface area contributed by atoms with Crippen LogP contribution in [-0.2, 0) is 0 Å². The predicted molar refractivity (Wildman–Crippen MR) is 172 cm³/mol. The molecule has 0 N–H and O–H groups in total. The van der Waals surface area contributed by atoms with Gasteiger partial charge >= 0.3 is 0 Å². The van der Waals surface area contributed by atoms with Crippen LogP contribution in [0.25, 0.3) is 54.8 Å². The number of nitrogens with zero attached hydrogens (tertiary/aromatic N) is 3. The lowest BCUT2D eigenvalue weighted by atomic mass is 9.94. The van der Waals surface area contributed by atoms with E-state index in [9.17, 15) is 0 Å². The molecule has 0 amide bonds. The molecule has 0 bridgehead atoms. The monoisotopic (exact) mass is 527 g/mol. The number of hydrogen-bond acceptors (Lipinski definition) is 3. The van der Waals surface area contributed by atoms with Crippen molar-refractivity contribution in [1.29, 1.82) is 0 Å². The molecule has 1 aliphatic heterocycles. The van der Waals surface area contributed by atoms with Gasteiger partial charge in [-0.2, -0.15) is 0 Å². The molecular formula is C38H29N3. The Morgan fingerprint density at radius 1 is 0.634 bits per heavy atom. The van der Waals surface area contributed by atoms with Gasteiger partial charge in [-0.15, -0.1) is 0 Å². The zero-order valence-electron chi connectivity index (χ0n) is 22.9. The molecule has 41 heavy (non-hydrogen) atoms. The van der Waals surface area contributed by atoms with Gasteiger partial charge in [0, 0.05) is 33.8 Å². The first-order valence-corrected chi connectivity index (χ1v) is 14.4. The molecule has 6 aromatic rings. The van der Waals surface area contributed by atoms with Gasteiger partial charge in [0.15, 0.2) is 0 Å². The molecule has 2 unspecified atom stereocenters. The summed E-state index contributed by atoms with van der Waals surface area (Å²) in [7, 11) is 0. The van der Waals surface area contributed by atoms with Crippen LogP contribution in [0.2, 0.25) is 0 Å². The summed E-state index contributed by atoms with van der Waals surface area (Å²) >= 11 is 0. The van der Waals surface area contributed by atoms with Crippen LogP contribution < -0.4 is 0 Å². The van der Waals surface area contributed by atoms with Gasteiger partial charge in [0.25, 0.3) is 0 Å². The van der Waals surface area contributed by atoms with Crippen LogP contribution in [0.15, 0.2) is 138 Å². The highest BCUT2D eigenvalue weighted by Crippen LogP contribution is 2.38. The second-order valence-electron chi connectivity index (χ2n) is 10.8. The molecule has 5 aromatic carbocycles. The highest BCUT2D eigenvalue weighted by atomic mass is 15.3. The van der Waals surface area contributed by atoms with Gasteiger partial charge in [-0.1, -0.05) is 115 Å². The molecule has 0 saturated carbocycles. The van der Waals surface area contributed by atoms with E-state index in [2.05, 4.69) is 145 Å². The molecule has 0 fully saturated rings. The Kier molecular flexibility index (Phi) is 5.56. The molecule has 1 aromatic heterocycles. The quantitative estimate of drug-likeness (QED) is 0.214. The SMILES string of the molecule is CCN1C(c2cccc(-c3cccc(-c4nc5ccccc5c5c4ccc4ccccc45)c3)c2)=NC2C=CC=CC21. The molecule has 0 saturated heterocycles. The van der Waals surface area contributed by atoms with Crippen molar-refractivity contribution in [3.63, 3.8) is 0 Å². The molecule has 2 heterocycles. The summed E-state index contributed by atoms with van der Waals surface area (Å²) in [5.74, 6) is 1.07. The van der Waals surface area contributed by atoms with Crippen molar-refractivity contribution in [2.24, 2.45) is 4.99 Å². The van der Waals surface area contributed by atoms with E-state index in [0.29, 0.717) is 6.04 Å². The Hall–Kier alpha value is -5.02. The maximum Gasteiger partial charge on any atom is 0.132 e. The number of aromatic nitrogens is 1. The number of fused-ring (bicyclic) bond motifs is 6. The third-order valence-electron chi connectivity index (χ3n) is 8.50. The van der Waals surface area contributed by atoms with Gasteiger partial charge in [0.1, 0.15) is 5.84 Å². The normalized spacial score (nSPS) is 17.9. The lowest BCUT2D eigenvalue weighted by Gasteiger charge is -2.27. The molecule has 3 nitrogen and oxygen atoms in total. The van der Waals surface area contributed by atoms with Crippen molar-refractivity contribution in [3.05, 3.63) is 139 Å². The average molecular weight is 528 g/mol. The largest absolute Gasteiger partial charge is 0.348 e. The van der Waals surface area contributed by atoms with Crippen molar-refractivity contribution < 1.29 is 0 Å². The first kappa shape index (κ1) is 23.8. The fourth-order valence-electron chi connectivity index (χ4n) is 6.58. The number of rotatable bonds is 4. The predicted octanol–water partition coefficient (Wildman–Crippen LogP) is 8.82. The van der Waals surface area contributed by atoms with E-state index in [1.165, 1.54) is 38.1 Å². The maximum absolute atomic E-state index is 5.22. The number of allylic oxidation sites excluding steroid dienone is 2. The van der Waals surface area contributed by atoms with E-state index in [0.717, 1.165) is 34.7 Å². The summed E-state index contributed by atoms with van der Waals surface area (Å²) in [6.07, 6.45) is 8.72. The van der Waals surface area contributed by atoms with Crippen LogP contribution in [0.1, 0.15) is 12.5 Å². The number of para-hydroxylation sites is 1. The van der Waals surface area contributed by atoms with Crippen LogP contribution in [0.3, 0.4) is 0 Å². The Balaban J connectivity index is 1.26. The molecule has 2 atom stereocenters. The molecule has 3 heteroatoms. The van der Waals surface area contributed by atoms with Gasteiger partial charge in [0.2, 0.25) is 0 Å². The van der Waals surface area contributed by atoms with Crippen LogP contribution in [0, 0.1) is 0 Å². The molecule has 1 aliphatic carbocycles. The highest BCUT2D eigenvalue weighted by Gasteiger charge is 2.33. The summed E-state index contributed by atoms with van der Waals surface area (Å²) in [6, 6.07) is 39.7. The summed E-state index contributed by atoms with van der Waals surface area (Å²) in [4.78, 5) is 12.7. The number of hydrogen-bond donors (Lipinski definition) is 0. The summed E-state index contributed by atoms with van der Waals surface area (Å²) < 4.78 is 0. The zero-order valence-corrected chi connectivity index (χ0v) is 22.9. The molecule has 0 radical (unpaired) electrons. The van der Waals surface area contributed by atoms with Crippen LogP contribution in [-0.4, -0.2) is 34.3 Å². The fourth-order valence-corrected chi connectivity index (χ4v) is 6.58. The van der Waals surface area contributed by atoms with Crippen LogP contribution in [0.4, 0.5) is 0 Å². The third-order valence-corrected chi connectivity index (χ3v) is 8.50. The van der Waals surface area contributed by atoms with Crippen molar-refractivity contribution in [2.45, 2.75) is 19.0 Å². The van der Waals surface area contributed by atoms with Crippen LogP contribution >= 0.6 is 0 Å². The first-order chi connectivity index (χ1) is 20.3. The lowest BCUT2D eigenvalue weighted by Crippen LogP contribution is -2.38. The van der Waals surface area contributed by atoms with Gasteiger partial charge in [-0.05, 0) is 47.0 Å². The number of amidine groups is 1. The van der Waals surface area contributed by atoms with Crippen LogP contribution in [0.5, 0.6) is 0 Å². The van der Waals surface area contributed by atoms with Crippen molar-refractivity contribution in [3.8, 4) is 22.4 Å². The Morgan fingerprint density at radius 2 is 1.34 bits per heavy atom. The van der Waals surface area contributed by atoms with Crippen molar-refractivity contribution in [2.75, 3.05) is 6.54 Å². The smallest absolute Gasteiger partial charge is 0.132 e. The standard InChI is InChI=1S/C38H29N3/c1-2-41-35-20-8-7-19-34(35)40-38(41)29-15-10-13-27(24-29)26-12-9-14-28(23-26)37-32-22-21-25-11-3-4-16-30(25)36(32)31-17-5-6-18-33(31)39-37/h3-24,34-35H,2H2,1H3. The van der Waals surface area contributed by atoms with E-state index < -0.39 is 0 Å². The number of benzene rings is 5. The van der Waals surface area contributed by atoms with Crippen molar-refractivity contribution in [1.82, 2.24) is 9.88 Å². The number of pyridine rings is 1. The zero-order chi connectivity index (χ0) is 27.3.